The predicted octanol–water partition coefficient (Wildman–Crippen LogP) is 4.41. The van der Waals surface area contributed by atoms with Crippen LogP contribution >= 0.6 is 11.6 Å². The minimum atomic E-state index is -1.24. The Kier molecular flexibility index (Phi) is 9.65. The number of benzene rings is 3. The van der Waals surface area contributed by atoms with Crippen molar-refractivity contribution in [2.75, 3.05) is 48.8 Å². The molecule has 4 aromatic rings. The van der Waals surface area contributed by atoms with Gasteiger partial charge in [0.15, 0.2) is 5.69 Å². The zero-order valence-corrected chi connectivity index (χ0v) is 25.0. The van der Waals surface area contributed by atoms with E-state index >= 15 is 0 Å². The summed E-state index contributed by atoms with van der Waals surface area (Å²) in [5.41, 5.74) is 3.05. The number of quaternary nitrogens is 1. The Labute approximate surface area is 259 Å². The van der Waals surface area contributed by atoms with E-state index in [0.717, 1.165) is 31.6 Å². The summed E-state index contributed by atoms with van der Waals surface area (Å²) in [7, 11) is 1.54. The van der Waals surface area contributed by atoms with Crippen molar-refractivity contribution >= 4 is 46.2 Å². The van der Waals surface area contributed by atoms with Gasteiger partial charge in [0.2, 0.25) is 0 Å². The van der Waals surface area contributed by atoms with Crippen LogP contribution < -0.4 is 30.8 Å². The highest BCUT2D eigenvalue weighted by molar-refractivity contribution is 6.33. The standard InChI is InChI=1S/C31H33ClN6O6/c1-19-28(29(36-44-19)22-7-3-4-8-27(22)43-2)31(40)34-14-13-33-24-18-25(26(38(41)42)17-23(24)32)35-30(39)20-9-11-21(12-10-20)37-15-5-6-16-37/h3-4,7-12,17-18,33,38,41H,5-6,13-16H2,1-2H3,(H,34,40)(H,35,39). The molecule has 0 bridgehead atoms. The van der Waals surface area contributed by atoms with Gasteiger partial charge in [0.25, 0.3) is 11.8 Å². The maximum atomic E-state index is 13.1. The van der Waals surface area contributed by atoms with Gasteiger partial charge in [-0.15, -0.1) is 0 Å². The Hall–Kier alpha value is -4.62. The normalized spacial score (nSPS) is 13.4. The molecule has 2 heterocycles. The Morgan fingerprint density at radius 1 is 1.07 bits per heavy atom. The van der Waals surface area contributed by atoms with E-state index in [4.69, 9.17) is 20.9 Å². The summed E-state index contributed by atoms with van der Waals surface area (Å²) in [4.78, 5) is 28.4. The topological polar surface area (TPSA) is 156 Å². The average Bonchev–Trinajstić information content (AvgIpc) is 3.70. The maximum absolute atomic E-state index is 13.1. The summed E-state index contributed by atoms with van der Waals surface area (Å²) in [6, 6.07) is 17.2. The fraction of sp³-hybridized carbons (Fsp3) is 0.258. The van der Waals surface area contributed by atoms with Crippen LogP contribution in [0.1, 0.15) is 39.3 Å². The lowest BCUT2D eigenvalue weighted by Gasteiger charge is -2.19. The van der Waals surface area contributed by atoms with Crippen LogP contribution in [0.2, 0.25) is 5.02 Å². The van der Waals surface area contributed by atoms with Gasteiger partial charge in [0.1, 0.15) is 28.5 Å². The van der Waals surface area contributed by atoms with Crippen LogP contribution in [0.3, 0.4) is 0 Å². The van der Waals surface area contributed by atoms with Crippen LogP contribution in [0.4, 0.5) is 22.7 Å². The molecule has 0 aliphatic carbocycles. The van der Waals surface area contributed by atoms with Crippen LogP contribution in [-0.4, -0.2) is 55.5 Å². The first-order chi connectivity index (χ1) is 21.3. The quantitative estimate of drug-likeness (QED) is 0.121. The van der Waals surface area contributed by atoms with Gasteiger partial charge in [-0.3, -0.25) is 9.59 Å². The van der Waals surface area contributed by atoms with E-state index in [-0.39, 0.29) is 41.0 Å². The number of rotatable bonds is 11. The third kappa shape index (κ3) is 6.79. The highest BCUT2D eigenvalue weighted by Gasteiger charge is 2.24. The lowest BCUT2D eigenvalue weighted by Crippen LogP contribution is -2.99. The van der Waals surface area contributed by atoms with Gasteiger partial charge in [0.05, 0.1) is 17.8 Å². The maximum Gasteiger partial charge on any atom is 0.257 e. The van der Waals surface area contributed by atoms with E-state index in [1.165, 1.54) is 19.2 Å². The van der Waals surface area contributed by atoms with Crippen LogP contribution in [0, 0.1) is 12.1 Å². The lowest BCUT2D eigenvalue weighted by atomic mass is 10.0. The first-order valence-electron chi connectivity index (χ1n) is 14.1. The van der Waals surface area contributed by atoms with E-state index in [9.17, 15) is 20.0 Å². The van der Waals surface area contributed by atoms with Gasteiger partial charge in [-0.25, -0.2) is 5.21 Å². The van der Waals surface area contributed by atoms with Gasteiger partial charge < -0.3 is 35.3 Å². The van der Waals surface area contributed by atoms with Gasteiger partial charge in [0, 0.05) is 49.1 Å². The number of carbonyl (C=O) groups excluding carboxylic acids is 2. The second-order valence-electron chi connectivity index (χ2n) is 10.2. The second kappa shape index (κ2) is 13.8. The number of nitrogens with zero attached hydrogens (tertiary/aromatic N) is 2. The number of methoxy groups -OCH3 is 1. The number of amides is 2. The molecule has 1 unspecified atom stereocenters. The van der Waals surface area contributed by atoms with Crippen molar-refractivity contribution in [1.82, 2.24) is 10.5 Å². The summed E-state index contributed by atoms with van der Waals surface area (Å²) in [6.45, 7) is 4.07. The highest BCUT2D eigenvalue weighted by atomic mass is 35.5. The van der Waals surface area contributed by atoms with Crippen molar-refractivity contribution in [1.29, 1.82) is 0 Å². The SMILES string of the molecule is COc1ccccc1-c1noc(C)c1C(=O)NCCNc1cc(NC(=O)c2ccc(N3CCCC3)cc2)c([NH+]([O-])O)cc1Cl. The molecule has 5 rings (SSSR count). The van der Waals surface area contributed by atoms with E-state index in [1.54, 1.807) is 31.2 Å². The lowest BCUT2D eigenvalue weighted by molar-refractivity contribution is -0.990. The van der Waals surface area contributed by atoms with E-state index in [0.29, 0.717) is 34.0 Å². The first kappa shape index (κ1) is 30.8. The van der Waals surface area contributed by atoms with E-state index < -0.39 is 11.1 Å². The molecule has 1 saturated heterocycles. The highest BCUT2D eigenvalue weighted by Crippen LogP contribution is 2.33. The third-order valence-corrected chi connectivity index (χ3v) is 7.68. The van der Waals surface area contributed by atoms with Crippen LogP contribution in [0.5, 0.6) is 5.75 Å². The number of nitrogens with one attached hydrogen (secondary N) is 4. The summed E-state index contributed by atoms with van der Waals surface area (Å²) in [5.74, 6) is 0.0751. The van der Waals surface area contributed by atoms with Crippen LogP contribution in [0.15, 0.2) is 65.2 Å². The number of aryl methyl sites for hydroxylation is 1. The molecule has 3 aromatic carbocycles. The van der Waals surface area contributed by atoms with E-state index in [1.807, 2.05) is 24.3 Å². The summed E-state index contributed by atoms with van der Waals surface area (Å²) in [5, 5.41) is 33.3. The number of para-hydroxylation sites is 1. The smallest absolute Gasteiger partial charge is 0.257 e. The summed E-state index contributed by atoms with van der Waals surface area (Å²) < 4.78 is 10.7. The van der Waals surface area contributed by atoms with Gasteiger partial charge >= 0.3 is 0 Å². The molecule has 2 amide bonds. The minimum absolute atomic E-state index is 0.0867. The predicted molar refractivity (Wildman–Crippen MR) is 167 cm³/mol. The fourth-order valence-electron chi connectivity index (χ4n) is 5.11. The van der Waals surface area contributed by atoms with Gasteiger partial charge in [-0.1, -0.05) is 28.9 Å². The zero-order valence-electron chi connectivity index (χ0n) is 24.3. The molecular formula is C31H33ClN6O6. The molecule has 12 nitrogen and oxygen atoms in total. The fourth-order valence-corrected chi connectivity index (χ4v) is 5.34. The van der Waals surface area contributed by atoms with Crippen LogP contribution in [0.25, 0.3) is 11.3 Å². The van der Waals surface area contributed by atoms with Gasteiger partial charge in [-0.2, -0.15) is 5.23 Å². The van der Waals surface area contributed by atoms with Crippen molar-refractivity contribution in [3.63, 3.8) is 0 Å². The average molecular weight is 621 g/mol. The molecule has 0 saturated carbocycles. The van der Waals surface area contributed by atoms with E-state index in [2.05, 4.69) is 26.0 Å². The Bertz CT molecular complexity index is 1640. The minimum Gasteiger partial charge on any atom is -0.595 e. The molecular weight excluding hydrogens is 588 g/mol. The zero-order chi connectivity index (χ0) is 31.2. The Balaban J connectivity index is 1.24. The molecule has 1 atom stereocenters. The molecule has 1 aromatic heterocycles. The van der Waals surface area contributed by atoms with Crippen molar-refractivity contribution in [2.24, 2.45) is 0 Å². The monoisotopic (exact) mass is 620 g/mol. The number of carbonyl (C=O) groups is 2. The molecule has 0 radical (unpaired) electrons. The molecule has 1 fully saturated rings. The molecule has 230 valence electrons. The molecule has 0 spiro atoms. The molecule has 1 aliphatic rings. The number of aromatic nitrogens is 1. The number of hydrogen-bond donors (Lipinski definition) is 5. The molecule has 13 heteroatoms. The largest absolute Gasteiger partial charge is 0.595 e. The van der Waals surface area contributed by atoms with Crippen molar-refractivity contribution in [3.8, 4) is 17.0 Å². The molecule has 1 aliphatic heterocycles. The number of ether oxygens (including phenoxy) is 1. The second-order valence-corrected chi connectivity index (χ2v) is 10.6. The third-order valence-electron chi connectivity index (χ3n) is 7.36. The van der Waals surface area contributed by atoms with Crippen molar-refractivity contribution in [3.05, 3.63) is 87.8 Å². The number of anilines is 3. The Morgan fingerprint density at radius 3 is 2.50 bits per heavy atom. The molecule has 44 heavy (non-hydrogen) atoms. The van der Waals surface area contributed by atoms with Crippen molar-refractivity contribution < 1.29 is 29.3 Å². The van der Waals surface area contributed by atoms with Crippen LogP contribution in [-0.2, 0) is 0 Å². The first-order valence-corrected chi connectivity index (χ1v) is 14.5. The summed E-state index contributed by atoms with van der Waals surface area (Å²) >= 11 is 6.38. The van der Waals surface area contributed by atoms with Gasteiger partial charge in [-0.05, 0) is 62.2 Å². The number of hydrogen-bond acceptors (Lipinski definition) is 9. The number of halogens is 1. The molecule has 5 N–H and O–H groups in total. The Morgan fingerprint density at radius 2 is 1.80 bits per heavy atom. The van der Waals surface area contributed by atoms with Crippen molar-refractivity contribution in [2.45, 2.75) is 19.8 Å². The summed E-state index contributed by atoms with van der Waals surface area (Å²) in [6.07, 6.45) is 2.29.